The van der Waals surface area contributed by atoms with Crippen LogP contribution in [0.5, 0.6) is 0 Å². The molecule has 0 aromatic carbocycles. The summed E-state index contributed by atoms with van der Waals surface area (Å²) in [5.41, 5.74) is 0. The third-order valence-electron chi connectivity index (χ3n) is 3.42. The molecule has 1 aliphatic heterocycles. The van der Waals surface area contributed by atoms with Gasteiger partial charge in [-0.15, -0.1) is 0 Å². The minimum absolute atomic E-state index is 0.215. The van der Waals surface area contributed by atoms with Gasteiger partial charge < -0.3 is 19.9 Å². The Morgan fingerprint density at radius 1 is 1.48 bits per heavy atom. The largest absolute Gasteiger partial charge is 0.450 e. The van der Waals surface area contributed by atoms with Crippen LogP contribution in [0.2, 0.25) is 0 Å². The summed E-state index contributed by atoms with van der Waals surface area (Å²) < 4.78 is 5.02. The molecule has 1 N–H and O–H groups in total. The fourth-order valence-corrected chi connectivity index (χ4v) is 2.27. The van der Waals surface area contributed by atoms with Gasteiger partial charge in [-0.2, -0.15) is 4.98 Å². The number of carbonyl (C=O) groups is 1. The van der Waals surface area contributed by atoms with Crippen molar-refractivity contribution in [3.05, 3.63) is 12.3 Å². The molecule has 1 aromatic heterocycles. The van der Waals surface area contributed by atoms with Gasteiger partial charge in [-0.25, -0.2) is 9.78 Å². The fraction of sp³-hybridized carbons (Fsp3) is 0.643. The van der Waals surface area contributed by atoms with Gasteiger partial charge in [-0.3, -0.25) is 0 Å². The quantitative estimate of drug-likeness (QED) is 0.909. The Morgan fingerprint density at radius 3 is 2.81 bits per heavy atom. The normalized spacial score (nSPS) is 15.7. The number of hydrogen-bond donors (Lipinski definition) is 1. The summed E-state index contributed by atoms with van der Waals surface area (Å²) >= 11 is 0. The van der Waals surface area contributed by atoms with E-state index in [0.717, 1.165) is 18.7 Å². The third-order valence-corrected chi connectivity index (χ3v) is 3.42. The maximum Gasteiger partial charge on any atom is 0.409 e. The molecular weight excluding hydrogens is 270 g/mol. The molecule has 1 aliphatic rings. The van der Waals surface area contributed by atoms with E-state index in [0.29, 0.717) is 31.7 Å². The van der Waals surface area contributed by atoms with Gasteiger partial charge in [0.2, 0.25) is 5.95 Å². The number of piperidine rings is 1. The predicted molar refractivity (Wildman–Crippen MR) is 81.6 cm³/mol. The van der Waals surface area contributed by atoms with Crippen LogP contribution in [-0.2, 0) is 4.74 Å². The van der Waals surface area contributed by atoms with E-state index in [4.69, 9.17) is 4.74 Å². The minimum Gasteiger partial charge on any atom is -0.450 e. The second kappa shape index (κ2) is 7.10. The molecule has 1 amide bonds. The van der Waals surface area contributed by atoms with Crippen LogP contribution in [0.4, 0.5) is 16.6 Å². The first-order chi connectivity index (χ1) is 10.1. The molecule has 0 atom stereocenters. The lowest BCUT2D eigenvalue weighted by molar-refractivity contribution is 0.0983. The summed E-state index contributed by atoms with van der Waals surface area (Å²) in [6, 6.07) is 2.19. The Labute approximate surface area is 125 Å². The smallest absolute Gasteiger partial charge is 0.409 e. The summed E-state index contributed by atoms with van der Waals surface area (Å²) in [7, 11) is 3.83. The Balaban J connectivity index is 1.86. The van der Waals surface area contributed by atoms with Gasteiger partial charge in [0.25, 0.3) is 0 Å². The first-order valence-corrected chi connectivity index (χ1v) is 7.28. The van der Waals surface area contributed by atoms with Crippen molar-refractivity contribution in [2.45, 2.75) is 25.8 Å². The van der Waals surface area contributed by atoms with E-state index in [1.54, 1.807) is 11.1 Å². The minimum atomic E-state index is -0.215. The monoisotopic (exact) mass is 293 g/mol. The lowest BCUT2D eigenvalue weighted by Crippen LogP contribution is -2.42. The van der Waals surface area contributed by atoms with Gasteiger partial charge in [0.05, 0.1) is 6.61 Å². The molecule has 0 bridgehead atoms. The molecule has 1 saturated heterocycles. The maximum absolute atomic E-state index is 11.6. The Morgan fingerprint density at radius 2 is 2.19 bits per heavy atom. The van der Waals surface area contributed by atoms with Crippen molar-refractivity contribution >= 4 is 17.9 Å². The molecule has 7 heteroatoms. The number of anilines is 2. The van der Waals surface area contributed by atoms with Crippen molar-refractivity contribution in [1.29, 1.82) is 0 Å². The highest BCUT2D eigenvalue weighted by atomic mass is 16.6. The van der Waals surface area contributed by atoms with Gasteiger partial charge in [-0.05, 0) is 25.8 Å². The summed E-state index contributed by atoms with van der Waals surface area (Å²) in [4.78, 5) is 23.9. The summed E-state index contributed by atoms with van der Waals surface area (Å²) in [5, 5.41) is 3.41. The summed E-state index contributed by atoms with van der Waals surface area (Å²) in [6.45, 7) is 3.67. The Hall–Kier alpha value is -2.05. The van der Waals surface area contributed by atoms with E-state index in [-0.39, 0.29) is 6.09 Å². The van der Waals surface area contributed by atoms with Crippen molar-refractivity contribution in [1.82, 2.24) is 14.9 Å². The zero-order valence-corrected chi connectivity index (χ0v) is 12.9. The maximum atomic E-state index is 11.6. The van der Waals surface area contributed by atoms with Gasteiger partial charge in [0.1, 0.15) is 5.82 Å². The number of aromatic nitrogens is 2. The van der Waals surface area contributed by atoms with E-state index in [1.807, 2.05) is 32.0 Å². The fourth-order valence-electron chi connectivity index (χ4n) is 2.27. The molecular formula is C14H23N5O2. The predicted octanol–water partition coefficient (Wildman–Crippen LogP) is 1.58. The first kappa shape index (κ1) is 15.3. The van der Waals surface area contributed by atoms with E-state index >= 15 is 0 Å². The number of nitrogens with one attached hydrogen (secondary N) is 1. The molecule has 2 rings (SSSR count). The number of likely N-dealkylation sites (tertiary alicyclic amines) is 1. The number of rotatable bonds is 4. The number of amides is 1. The number of hydrogen-bond acceptors (Lipinski definition) is 6. The van der Waals surface area contributed by atoms with E-state index in [2.05, 4.69) is 15.3 Å². The van der Waals surface area contributed by atoms with Crippen molar-refractivity contribution < 1.29 is 9.53 Å². The molecule has 0 unspecified atom stereocenters. The average Bonchev–Trinajstić information content (AvgIpc) is 2.48. The van der Waals surface area contributed by atoms with Crippen LogP contribution in [0.1, 0.15) is 19.8 Å². The van der Waals surface area contributed by atoms with Crippen LogP contribution in [0.25, 0.3) is 0 Å². The zero-order chi connectivity index (χ0) is 15.2. The van der Waals surface area contributed by atoms with Gasteiger partial charge in [0.15, 0.2) is 0 Å². The van der Waals surface area contributed by atoms with E-state index in [9.17, 15) is 4.79 Å². The van der Waals surface area contributed by atoms with Gasteiger partial charge in [-0.1, -0.05) is 0 Å². The summed E-state index contributed by atoms with van der Waals surface area (Å²) in [5.74, 6) is 1.51. The number of carbonyl (C=O) groups excluding carboxylic acids is 1. The van der Waals surface area contributed by atoms with Gasteiger partial charge >= 0.3 is 6.09 Å². The van der Waals surface area contributed by atoms with Crippen LogP contribution in [0.3, 0.4) is 0 Å². The van der Waals surface area contributed by atoms with Crippen LogP contribution in [-0.4, -0.2) is 60.8 Å². The molecule has 0 saturated carbocycles. The number of ether oxygens (including phenoxy) is 1. The van der Waals surface area contributed by atoms with Crippen molar-refractivity contribution in [2.75, 3.05) is 44.0 Å². The van der Waals surface area contributed by atoms with Crippen molar-refractivity contribution in [3.8, 4) is 0 Å². The topological polar surface area (TPSA) is 70.6 Å². The third kappa shape index (κ3) is 4.21. The van der Waals surface area contributed by atoms with E-state index < -0.39 is 0 Å². The van der Waals surface area contributed by atoms with Crippen molar-refractivity contribution in [3.63, 3.8) is 0 Å². The van der Waals surface area contributed by atoms with Crippen LogP contribution >= 0.6 is 0 Å². The Kier molecular flexibility index (Phi) is 5.19. The lowest BCUT2D eigenvalue weighted by atomic mass is 10.1. The Bertz CT molecular complexity index is 472. The molecule has 0 aliphatic carbocycles. The zero-order valence-electron chi connectivity index (χ0n) is 12.9. The lowest BCUT2D eigenvalue weighted by Gasteiger charge is -2.31. The first-order valence-electron chi connectivity index (χ1n) is 7.28. The SMILES string of the molecule is CCOC(=O)N1CCC(Nc2ccnc(N(C)C)n2)CC1. The molecule has 1 aromatic rings. The molecule has 0 spiro atoms. The molecule has 2 heterocycles. The van der Waals surface area contributed by atoms with Gasteiger partial charge in [0, 0.05) is 39.4 Å². The molecule has 21 heavy (non-hydrogen) atoms. The van der Waals surface area contributed by atoms with Crippen LogP contribution in [0, 0.1) is 0 Å². The molecule has 7 nitrogen and oxygen atoms in total. The second-order valence-corrected chi connectivity index (χ2v) is 5.24. The summed E-state index contributed by atoms with van der Waals surface area (Å²) in [6.07, 6.45) is 3.31. The van der Waals surface area contributed by atoms with Crippen LogP contribution < -0.4 is 10.2 Å². The highest BCUT2D eigenvalue weighted by Crippen LogP contribution is 2.16. The highest BCUT2D eigenvalue weighted by molar-refractivity contribution is 5.67. The van der Waals surface area contributed by atoms with Crippen LogP contribution in [0.15, 0.2) is 12.3 Å². The molecule has 116 valence electrons. The van der Waals surface area contributed by atoms with Crippen molar-refractivity contribution in [2.24, 2.45) is 0 Å². The highest BCUT2D eigenvalue weighted by Gasteiger charge is 2.23. The average molecular weight is 293 g/mol. The van der Waals surface area contributed by atoms with E-state index in [1.165, 1.54) is 0 Å². The molecule has 1 fully saturated rings. The second-order valence-electron chi connectivity index (χ2n) is 5.24. The number of nitrogens with zero attached hydrogens (tertiary/aromatic N) is 4. The molecule has 0 radical (unpaired) electrons. The standard InChI is InChI=1S/C14H23N5O2/c1-4-21-14(20)19-9-6-11(7-10-19)16-12-5-8-15-13(17-12)18(2)3/h5,8,11H,4,6-7,9-10H2,1-3H3,(H,15,16,17).